The number of hydrogen-bond acceptors (Lipinski definition) is 21. The Morgan fingerprint density at radius 3 is 1.22 bits per heavy atom. The van der Waals surface area contributed by atoms with Gasteiger partial charge in [-0.3, -0.25) is 28.8 Å². The van der Waals surface area contributed by atoms with Gasteiger partial charge in [0.15, 0.2) is 16.3 Å². The van der Waals surface area contributed by atoms with E-state index < -0.39 is 92.9 Å². The Morgan fingerprint density at radius 1 is 0.496 bits per heavy atom. The average Bonchev–Trinajstić information content (AvgIpc) is 0.761. The summed E-state index contributed by atoms with van der Waals surface area (Å²) in [4.78, 5) is 117. The molecule has 0 bridgehead atoms. The molecule has 6 aromatic rings. The molecule has 3 aliphatic carbocycles. The van der Waals surface area contributed by atoms with Crippen LogP contribution >= 0.6 is 46.4 Å². The van der Waals surface area contributed by atoms with E-state index in [1.807, 2.05) is 82.3 Å². The van der Waals surface area contributed by atoms with E-state index in [-0.39, 0.29) is 57.7 Å². The predicted octanol–water partition coefficient (Wildman–Crippen LogP) is 20.6. The second-order valence-corrected chi connectivity index (χ2v) is 30.2. The molecule has 0 aromatic heterocycles. The molecule has 35 heteroatoms. The summed E-state index contributed by atoms with van der Waals surface area (Å²) in [5.74, 6) is -2.40. The molecule has 0 saturated heterocycles. The van der Waals surface area contributed by atoms with E-state index in [1.54, 1.807) is 102 Å². The maximum absolute atomic E-state index is 12.9. The molecule has 6 aromatic carbocycles. The molecular formula is C86H82Cl4F3MnN7O20. The van der Waals surface area contributed by atoms with Crippen molar-refractivity contribution in [3.8, 4) is 73.1 Å². The molecule has 27 nitrogen and oxygen atoms in total. The number of nitrogens with two attached hydrogens (primary N) is 1. The van der Waals surface area contributed by atoms with Crippen molar-refractivity contribution in [1.82, 2.24) is 10.6 Å². The Bertz CT molecular complexity index is 5960. The minimum absolute atomic E-state index is 0.00636. The van der Waals surface area contributed by atoms with Crippen molar-refractivity contribution >= 4 is 139 Å². The van der Waals surface area contributed by atoms with Gasteiger partial charge in [0.2, 0.25) is 6.29 Å². The number of azo groups is 2. The number of esters is 2. The number of anilines is 1. The van der Waals surface area contributed by atoms with E-state index in [1.165, 1.54) is 36.4 Å². The van der Waals surface area contributed by atoms with Crippen molar-refractivity contribution in [2.75, 3.05) is 16.4 Å². The van der Waals surface area contributed by atoms with Crippen molar-refractivity contribution in [3.63, 3.8) is 0 Å². The first-order valence-electron chi connectivity index (χ1n) is 36.2. The topological polar surface area (TPSA) is 423 Å². The number of rotatable bonds is 15. The van der Waals surface area contributed by atoms with Crippen LogP contribution in [0.1, 0.15) is 95.0 Å². The van der Waals surface area contributed by atoms with Gasteiger partial charge in [0, 0.05) is 92.3 Å². The van der Waals surface area contributed by atoms with Crippen molar-refractivity contribution < 1.29 is 107 Å². The molecule has 0 fully saturated rings. The van der Waals surface area contributed by atoms with Gasteiger partial charge in [-0.15, -0.1) is 56.6 Å². The summed E-state index contributed by atoms with van der Waals surface area (Å²) in [7, 11) is 0. The van der Waals surface area contributed by atoms with Crippen LogP contribution in [-0.2, 0) is 55.9 Å². The number of phenols is 1. The van der Waals surface area contributed by atoms with Crippen LogP contribution < -0.4 is 32.7 Å². The molecule has 0 unspecified atom stereocenters. The van der Waals surface area contributed by atoms with Crippen molar-refractivity contribution in [3.05, 3.63) is 222 Å². The number of ether oxygens (including phenoxy) is 2. The van der Waals surface area contributed by atoms with Crippen molar-refractivity contribution in [1.29, 1.82) is 0 Å². The summed E-state index contributed by atoms with van der Waals surface area (Å²) >= 11 is 17.6. The first-order chi connectivity index (χ1) is 56.9. The van der Waals surface area contributed by atoms with Crippen molar-refractivity contribution in [2.45, 2.75) is 131 Å². The van der Waals surface area contributed by atoms with Gasteiger partial charge in [-0.1, -0.05) is 52.7 Å². The number of carbonyl (C=O) groups is 7. The second-order valence-electron chi connectivity index (χ2n) is 28.4. The number of aldehydes is 1. The Balaban J connectivity index is 0.000000266. The molecule has 12 rings (SSSR count). The Kier molecular flexibility index (Phi) is 36.0. The molecule has 0 spiro atoms. The van der Waals surface area contributed by atoms with E-state index >= 15 is 0 Å². The number of nitrogens with zero attached hydrogens (tertiary/aromatic N) is 4. The van der Waals surface area contributed by atoms with Crippen LogP contribution in [0.4, 0.5) is 39.8 Å². The summed E-state index contributed by atoms with van der Waals surface area (Å²) < 4.78 is 76.8. The van der Waals surface area contributed by atoms with Crippen LogP contribution in [0, 0.1) is 34.6 Å². The van der Waals surface area contributed by atoms with E-state index in [4.69, 9.17) is 92.4 Å². The molecule has 0 saturated carbocycles. The number of nitrogen functional groups attached to an aromatic ring is 1. The standard InChI is InChI=1S/C35H39N3O7.C26H21N3O8.C21H17NO2.C2HF3O.2CH2Cl2.Mn.2O/c1-20-9-13-24-28(17-20)43-29-19-23(39)12-14-25(29)31(24)26-18-22(11-10-21(26)2)37-38-33(42)36-27(32(41)45-35(6,7)8)15-16-30(40)44-34(3,4)5;1-13-2-3-14(28-29-26(36)27-20(25(34)35)8-9-23(32)33)10-19(13)24-17-6-4-15(30)11-21(17)37-22-12-16(31)5-7-18(22)24;1-12-3-7-16-19(9-12)24-20-11-15(23)6-8-17(20)21(16)18-10-14(22)5-4-13(18)2;3-2(4,5)1-6;2*2-1-3;;;/h9-14,17-19,27H,15-16H2,1-8H3,(H,36,42);2-7,10-12,20,30H,8-9H2,1H3,(H,27,36)(H,32,33)(H,34,35);3-11H,22H2,1-2H3;1H;2*1H2;;;/t27-;20-;;;;;;;/m00......./s1. The number of aliphatic carboxylic acids is 2. The van der Waals surface area contributed by atoms with Gasteiger partial charge in [-0.2, -0.15) is 13.2 Å². The Hall–Kier alpha value is -12.3. The molecule has 6 aliphatic rings. The normalized spacial score (nSPS) is 11.7. The number of amides is 4. The van der Waals surface area contributed by atoms with Crippen LogP contribution in [0.5, 0.6) is 5.75 Å². The number of hydrogen-bond donors (Lipinski definition) is 6. The van der Waals surface area contributed by atoms with Crippen LogP contribution in [0.25, 0.3) is 100 Å². The number of halogens is 7. The van der Waals surface area contributed by atoms with Crippen LogP contribution in [-0.4, -0.2) is 97.7 Å². The SMILES string of the molecule is Cc1ccc(N=NC(=O)N[C@@H](CCC(=O)O)C(=O)O)cc1-c1c2ccc(=O)cc-2oc2cc(O)ccc12.Cc1ccc2c(-c3cc(N)ccc3C)c3ccc(=O)cc-3oc2c1.Cc1ccc2c(-c3cc(N=NC(=O)N[C@@H](CCC(=O)OC(C)(C)C)C(=O)OC(C)(C)C)ccc3C)c3ccc(=O)cc-3oc2c1.ClCCl.ClCCl.O=CC(F)(F)F.[O]=[Mn]=[O]. The van der Waals surface area contributed by atoms with Gasteiger partial charge in [0.25, 0.3) is 0 Å². The summed E-state index contributed by atoms with van der Waals surface area (Å²) in [6.07, 6.45) is -6.60. The average molecular weight is 1790 g/mol. The molecular weight excluding hydrogens is 1700 g/mol. The molecule has 121 heavy (non-hydrogen) atoms. The third kappa shape index (κ3) is 29.6. The third-order valence-electron chi connectivity index (χ3n) is 16.8. The van der Waals surface area contributed by atoms with Crippen LogP contribution in [0.15, 0.2) is 212 Å². The molecule has 2 atom stereocenters. The van der Waals surface area contributed by atoms with E-state index in [9.17, 15) is 66.5 Å². The zero-order valence-corrected chi connectivity index (χ0v) is 70.9. The number of carboxylic acid groups (broad SMARTS) is 2. The predicted molar refractivity (Wildman–Crippen MR) is 449 cm³/mol. The van der Waals surface area contributed by atoms with E-state index in [2.05, 4.69) is 50.1 Å². The minimum atomic E-state index is -4.64. The number of carbonyl (C=O) groups excluding carboxylic acids is 5. The number of phenolic OH excluding ortho intramolecular Hbond substituents is 1. The van der Waals surface area contributed by atoms with Gasteiger partial charge in [0.1, 0.15) is 63.1 Å². The molecule has 0 radical (unpaired) electrons. The summed E-state index contributed by atoms with van der Waals surface area (Å²) in [5.41, 5.74) is 19.8. The molecule has 3 heterocycles. The number of urea groups is 2. The molecule has 7 N–H and O–H groups in total. The summed E-state index contributed by atoms with van der Waals surface area (Å²) in [6.45, 7) is 20.2. The van der Waals surface area contributed by atoms with Gasteiger partial charge >= 0.3 is 64.6 Å². The first kappa shape index (κ1) is 97.6. The maximum atomic E-state index is 12.9. The third-order valence-corrected chi connectivity index (χ3v) is 16.8. The van der Waals surface area contributed by atoms with Crippen LogP contribution in [0.3, 0.4) is 0 Å². The number of aryl methyl sites for hydroxylation is 5. The molecule has 4 amide bonds. The van der Waals surface area contributed by atoms with Crippen molar-refractivity contribution in [2.24, 2.45) is 20.5 Å². The van der Waals surface area contributed by atoms with Gasteiger partial charge in [-0.25, -0.2) is 19.2 Å². The fraction of sp³-hybridized carbons (Fsp3) is 0.256. The summed E-state index contributed by atoms with van der Waals surface area (Å²) in [5, 5.41) is 50.9. The van der Waals surface area contributed by atoms with Gasteiger partial charge in [-0.05, 0) is 231 Å². The van der Waals surface area contributed by atoms with Gasteiger partial charge in [0.05, 0.1) is 22.1 Å². The Morgan fingerprint density at radius 2 is 0.851 bits per heavy atom. The number of alkyl halides is 7. The number of carboxylic acids is 2. The number of aromatic hydroxyl groups is 1. The molecule has 637 valence electrons. The zero-order chi connectivity index (χ0) is 90.0. The fourth-order valence-corrected chi connectivity index (χ4v) is 11.8. The van der Waals surface area contributed by atoms with E-state index in [0.717, 1.165) is 83.1 Å². The number of fused-ring (bicyclic) bond motifs is 6. The van der Waals surface area contributed by atoms with E-state index in [0.29, 0.717) is 56.3 Å². The van der Waals surface area contributed by atoms with Crippen LogP contribution in [0.2, 0.25) is 0 Å². The van der Waals surface area contributed by atoms with Gasteiger partial charge < -0.3 is 54.4 Å². The summed E-state index contributed by atoms with van der Waals surface area (Å²) in [6, 6.07) is 42.6. The first-order valence-corrected chi connectivity index (χ1v) is 39.3. The zero-order valence-electron chi connectivity index (χ0n) is 66.7. The monoisotopic (exact) mass is 1780 g/mol. The second kappa shape index (κ2) is 44.7. The number of benzene rings is 9. The quantitative estimate of drug-likeness (QED) is 0.0106. The number of nitrogens with one attached hydrogen (secondary N) is 2. The Labute approximate surface area is 715 Å². The molecule has 3 aliphatic heterocycles. The fourth-order valence-electron chi connectivity index (χ4n) is 11.8.